The maximum Gasteiger partial charge on any atom is 0.225 e. The van der Waals surface area contributed by atoms with Crippen LogP contribution in [-0.4, -0.2) is 29.9 Å². The summed E-state index contributed by atoms with van der Waals surface area (Å²) < 4.78 is 0. The Morgan fingerprint density at radius 3 is 2.74 bits per heavy atom. The Kier molecular flexibility index (Phi) is 3.31. The Bertz CT molecular complexity index is 488. The molecule has 0 bridgehead atoms. The van der Waals surface area contributed by atoms with Gasteiger partial charge >= 0.3 is 0 Å². The molecule has 3 rings (SSSR count). The molecule has 0 atom stereocenters. The number of carbonyl (C=O) groups is 1. The lowest BCUT2D eigenvalue weighted by Gasteiger charge is -2.38. The number of hydrogen-bond acceptors (Lipinski definition) is 2. The van der Waals surface area contributed by atoms with Crippen molar-refractivity contribution >= 4 is 5.91 Å². The lowest BCUT2D eigenvalue weighted by atomic mass is 9.96. The molecule has 2 fully saturated rings. The van der Waals surface area contributed by atoms with Gasteiger partial charge in [-0.2, -0.15) is 0 Å². The summed E-state index contributed by atoms with van der Waals surface area (Å²) >= 11 is 0. The lowest BCUT2D eigenvalue weighted by Crippen LogP contribution is -2.53. The predicted molar refractivity (Wildman–Crippen MR) is 75.8 cm³/mol. The van der Waals surface area contributed by atoms with E-state index in [-0.39, 0.29) is 11.8 Å². The number of amides is 1. The van der Waals surface area contributed by atoms with Crippen molar-refractivity contribution in [1.29, 1.82) is 0 Å². The van der Waals surface area contributed by atoms with E-state index in [4.69, 9.17) is 0 Å². The van der Waals surface area contributed by atoms with E-state index in [1.165, 1.54) is 29.5 Å². The van der Waals surface area contributed by atoms with Crippen LogP contribution in [0.25, 0.3) is 0 Å². The van der Waals surface area contributed by atoms with Crippen LogP contribution >= 0.6 is 0 Å². The first-order valence-electron chi connectivity index (χ1n) is 7.20. The number of likely N-dealkylation sites (tertiary alicyclic amines) is 1. The van der Waals surface area contributed by atoms with Gasteiger partial charge in [-0.15, -0.1) is 0 Å². The number of benzene rings is 1. The largest absolute Gasteiger partial charge is 0.353 e. The van der Waals surface area contributed by atoms with E-state index in [2.05, 4.69) is 42.3 Å². The van der Waals surface area contributed by atoms with Gasteiger partial charge in [0.05, 0.1) is 5.92 Å². The number of nitrogens with zero attached hydrogens (tertiary/aromatic N) is 1. The van der Waals surface area contributed by atoms with Gasteiger partial charge in [0.2, 0.25) is 5.91 Å². The molecule has 1 heterocycles. The highest BCUT2D eigenvalue weighted by atomic mass is 16.2. The second kappa shape index (κ2) is 4.97. The fourth-order valence-electron chi connectivity index (χ4n) is 2.62. The third-order valence-electron chi connectivity index (χ3n) is 4.15. The summed E-state index contributed by atoms with van der Waals surface area (Å²) in [7, 11) is 0. The molecule has 1 aromatic rings. The van der Waals surface area contributed by atoms with Crippen molar-refractivity contribution in [1.82, 2.24) is 10.2 Å². The van der Waals surface area contributed by atoms with Gasteiger partial charge in [0.25, 0.3) is 0 Å². The molecule has 3 nitrogen and oxygen atoms in total. The van der Waals surface area contributed by atoms with Crippen LogP contribution in [0.5, 0.6) is 0 Å². The van der Waals surface area contributed by atoms with Crippen LogP contribution in [0.15, 0.2) is 18.2 Å². The zero-order chi connectivity index (χ0) is 13.4. The average Bonchev–Trinajstić information content (AvgIpc) is 3.11. The summed E-state index contributed by atoms with van der Waals surface area (Å²) in [6.45, 7) is 7.08. The molecule has 1 aromatic carbocycles. The molecule has 1 amide bonds. The van der Waals surface area contributed by atoms with Crippen molar-refractivity contribution in [2.45, 2.75) is 39.3 Å². The fraction of sp³-hybridized carbons (Fsp3) is 0.562. The molecule has 1 aliphatic heterocycles. The molecule has 1 saturated carbocycles. The van der Waals surface area contributed by atoms with E-state index in [0.717, 1.165) is 19.6 Å². The first kappa shape index (κ1) is 12.7. The van der Waals surface area contributed by atoms with E-state index >= 15 is 0 Å². The number of aryl methyl sites for hydroxylation is 2. The zero-order valence-corrected chi connectivity index (χ0v) is 11.8. The van der Waals surface area contributed by atoms with Crippen LogP contribution in [0.3, 0.4) is 0 Å². The van der Waals surface area contributed by atoms with Crippen molar-refractivity contribution in [2.24, 2.45) is 5.92 Å². The molecule has 0 radical (unpaired) electrons. The quantitative estimate of drug-likeness (QED) is 0.896. The molecule has 19 heavy (non-hydrogen) atoms. The summed E-state index contributed by atoms with van der Waals surface area (Å²) in [4.78, 5) is 14.2. The lowest BCUT2D eigenvalue weighted by molar-refractivity contribution is -0.130. The Hall–Kier alpha value is -1.35. The Morgan fingerprint density at radius 1 is 1.32 bits per heavy atom. The van der Waals surface area contributed by atoms with Gasteiger partial charge in [-0.25, -0.2) is 0 Å². The number of hydrogen-bond donors (Lipinski definition) is 1. The second-order valence-corrected chi connectivity index (χ2v) is 6.10. The topological polar surface area (TPSA) is 32.3 Å². The van der Waals surface area contributed by atoms with E-state index in [1.807, 2.05) is 0 Å². The predicted octanol–water partition coefficient (Wildman–Crippen LogP) is 2.01. The normalized spacial score (nSPS) is 20.1. The van der Waals surface area contributed by atoms with Gasteiger partial charge in [-0.1, -0.05) is 23.8 Å². The highest BCUT2D eigenvalue weighted by Gasteiger charge is 2.35. The minimum Gasteiger partial charge on any atom is -0.353 e. The Balaban J connectivity index is 1.50. The van der Waals surface area contributed by atoms with Gasteiger partial charge in [-0.3, -0.25) is 9.69 Å². The highest BCUT2D eigenvalue weighted by molar-refractivity contribution is 5.80. The van der Waals surface area contributed by atoms with Gasteiger partial charge in [-0.05, 0) is 37.8 Å². The molecule has 0 aromatic heterocycles. The fourth-order valence-corrected chi connectivity index (χ4v) is 2.62. The summed E-state index contributed by atoms with van der Waals surface area (Å²) in [5.74, 6) is 0.477. The Labute approximate surface area is 115 Å². The number of rotatable bonds is 4. The minimum atomic E-state index is 0.214. The average molecular weight is 258 g/mol. The summed E-state index contributed by atoms with van der Waals surface area (Å²) in [5, 5.41) is 3.10. The molecular weight excluding hydrogens is 236 g/mol. The van der Waals surface area contributed by atoms with E-state index in [1.54, 1.807) is 0 Å². The summed E-state index contributed by atoms with van der Waals surface area (Å²) in [5.41, 5.74) is 4.04. The smallest absolute Gasteiger partial charge is 0.225 e. The number of nitrogens with one attached hydrogen (secondary N) is 1. The van der Waals surface area contributed by atoms with Gasteiger partial charge in [0, 0.05) is 25.7 Å². The molecule has 1 N–H and O–H groups in total. The molecule has 0 spiro atoms. The molecule has 1 aliphatic carbocycles. The van der Waals surface area contributed by atoms with Crippen LogP contribution in [0.4, 0.5) is 0 Å². The monoisotopic (exact) mass is 258 g/mol. The zero-order valence-electron chi connectivity index (χ0n) is 11.8. The Morgan fingerprint density at radius 2 is 2.05 bits per heavy atom. The van der Waals surface area contributed by atoms with Gasteiger partial charge < -0.3 is 5.32 Å². The third kappa shape index (κ3) is 2.98. The number of carbonyl (C=O) groups excluding carboxylic acids is 1. The first-order chi connectivity index (χ1) is 9.11. The van der Waals surface area contributed by atoms with E-state index in [9.17, 15) is 4.79 Å². The second-order valence-electron chi connectivity index (χ2n) is 6.10. The van der Waals surface area contributed by atoms with Crippen molar-refractivity contribution in [3.8, 4) is 0 Å². The van der Waals surface area contributed by atoms with E-state index < -0.39 is 0 Å². The molecule has 1 saturated heterocycles. The highest BCUT2D eigenvalue weighted by Crippen LogP contribution is 2.24. The standard InChI is InChI=1S/C16H22N2O/c1-11-3-4-12(2)13(7-11)8-18-9-14(10-18)16(19)17-15-5-6-15/h3-4,7,14-15H,5-6,8-10H2,1-2H3,(H,17,19). The van der Waals surface area contributed by atoms with Gasteiger partial charge in [0.15, 0.2) is 0 Å². The van der Waals surface area contributed by atoms with Crippen molar-refractivity contribution in [3.05, 3.63) is 34.9 Å². The maximum atomic E-state index is 11.9. The molecule has 3 heteroatoms. The van der Waals surface area contributed by atoms with Crippen LogP contribution in [0.2, 0.25) is 0 Å². The van der Waals surface area contributed by atoms with Gasteiger partial charge in [0.1, 0.15) is 0 Å². The van der Waals surface area contributed by atoms with E-state index in [0.29, 0.717) is 6.04 Å². The summed E-state index contributed by atoms with van der Waals surface area (Å²) in [6, 6.07) is 7.08. The third-order valence-corrected chi connectivity index (χ3v) is 4.15. The molecular formula is C16H22N2O. The minimum absolute atomic E-state index is 0.214. The van der Waals surface area contributed by atoms with Crippen molar-refractivity contribution in [3.63, 3.8) is 0 Å². The van der Waals surface area contributed by atoms with Crippen LogP contribution in [0.1, 0.15) is 29.5 Å². The summed E-state index contributed by atoms with van der Waals surface area (Å²) in [6.07, 6.45) is 2.34. The van der Waals surface area contributed by atoms with Crippen molar-refractivity contribution in [2.75, 3.05) is 13.1 Å². The SMILES string of the molecule is Cc1ccc(C)c(CN2CC(C(=O)NC3CC3)C2)c1. The molecule has 102 valence electrons. The van der Waals surface area contributed by atoms with Crippen molar-refractivity contribution < 1.29 is 4.79 Å². The van der Waals surface area contributed by atoms with Crippen LogP contribution in [-0.2, 0) is 11.3 Å². The maximum absolute atomic E-state index is 11.9. The first-order valence-corrected chi connectivity index (χ1v) is 7.20. The van der Waals surface area contributed by atoms with Crippen LogP contribution in [0, 0.1) is 19.8 Å². The molecule has 0 unspecified atom stereocenters. The molecule has 2 aliphatic rings. The van der Waals surface area contributed by atoms with Crippen LogP contribution < -0.4 is 5.32 Å².